The van der Waals surface area contributed by atoms with Gasteiger partial charge in [-0.15, -0.1) is 0 Å². The molecule has 3 N–H and O–H groups in total. The predicted molar refractivity (Wildman–Crippen MR) is 92.0 cm³/mol. The summed E-state index contributed by atoms with van der Waals surface area (Å²) < 4.78 is 0. The number of carbonyl (C=O) groups excluding carboxylic acids is 1. The van der Waals surface area contributed by atoms with Crippen LogP contribution in [0.2, 0.25) is 15.1 Å². The second-order valence-electron chi connectivity index (χ2n) is 4.30. The summed E-state index contributed by atoms with van der Waals surface area (Å²) in [5.41, 5.74) is 6.76. The van der Waals surface area contributed by atoms with E-state index >= 15 is 0 Å². The summed E-state index contributed by atoms with van der Waals surface area (Å²) in [5, 5.41) is 4.03. The average Bonchev–Trinajstić information content (AvgIpc) is 2.41. The van der Waals surface area contributed by atoms with Crippen molar-refractivity contribution < 1.29 is 4.79 Å². The smallest absolute Gasteiger partial charge is 0.234 e. The molecule has 1 amide bonds. The molecule has 0 aliphatic heterocycles. The number of thioether (sulfide) groups is 1. The van der Waals surface area contributed by atoms with Crippen LogP contribution in [0.1, 0.15) is 5.69 Å². The molecule has 116 valence electrons. The van der Waals surface area contributed by atoms with Crippen molar-refractivity contribution in [3.63, 3.8) is 0 Å². The van der Waals surface area contributed by atoms with Crippen molar-refractivity contribution in [3.05, 3.63) is 39.0 Å². The summed E-state index contributed by atoms with van der Waals surface area (Å²) >= 11 is 18.9. The molecule has 5 nitrogen and oxygen atoms in total. The minimum absolute atomic E-state index is 0.111. The Morgan fingerprint density at radius 3 is 2.55 bits per heavy atom. The molecule has 0 unspecified atom stereocenters. The maximum absolute atomic E-state index is 12.0. The highest BCUT2D eigenvalue weighted by Crippen LogP contribution is 2.32. The van der Waals surface area contributed by atoms with E-state index in [-0.39, 0.29) is 11.7 Å². The van der Waals surface area contributed by atoms with E-state index in [2.05, 4.69) is 15.3 Å². The summed E-state index contributed by atoms with van der Waals surface area (Å²) in [7, 11) is 0. The van der Waals surface area contributed by atoms with Crippen LogP contribution in [0.3, 0.4) is 0 Å². The van der Waals surface area contributed by atoms with Crippen molar-refractivity contribution >= 4 is 64.0 Å². The molecule has 0 atom stereocenters. The minimum atomic E-state index is -0.269. The first-order valence-electron chi connectivity index (χ1n) is 6.03. The van der Waals surface area contributed by atoms with Crippen LogP contribution in [-0.2, 0) is 4.79 Å². The van der Waals surface area contributed by atoms with E-state index < -0.39 is 0 Å². The van der Waals surface area contributed by atoms with Gasteiger partial charge in [0.1, 0.15) is 5.82 Å². The van der Waals surface area contributed by atoms with Crippen molar-refractivity contribution in [1.82, 2.24) is 9.97 Å². The molecule has 0 saturated heterocycles. The highest BCUT2D eigenvalue weighted by Gasteiger charge is 2.11. The van der Waals surface area contributed by atoms with Crippen molar-refractivity contribution in [2.24, 2.45) is 0 Å². The number of aryl methyl sites for hydroxylation is 1. The van der Waals surface area contributed by atoms with Gasteiger partial charge in [-0.3, -0.25) is 4.79 Å². The second-order valence-corrected chi connectivity index (χ2v) is 6.46. The van der Waals surface area contributed by atoms with E-state index in [4.69, 9.17) is 40.5 Å². The monoisotopic (exact) mass is 376 g/mol. The first kappa shape index (κ1) is 17.1. The van der Waals surface area contributed by atoms with Gasteiger partial charge in [-0.25, -0.2) is 9.97 Å². The fourth-order valence-corrected chi connectivity index (χ4v) is 2.87. The number of nitrogens with one attached hydrogen (secondary N) is 1. The van der Waals surface area contributed by atoms with Gasteiger partial charge < -0.3 is 11.1 Å². The van der Waals surface area contributed by atoms with Crippen LogP contribution in [0.4, 0.5) is 11.5 Å². The summed E-state index contributed by atoms with van der Waals surface area (Å²) in [6, 6.07) is 4.62. The second kappa shape index (κ2) is 7.37. The van der Waals surface area contributed by atoms with E-state index in [0.29, 0.717) is 31.7 Å². The lowest BCUT2D eigenvalue weighted by atomic mass is 10.3. The number of rotatable bonds is 4. The Balaban J connectivity index is 2.00. The Kier molecular flexibility index (Phi) is 5.74. The normalized spacial score (nSPS) is 10.5. The number of hydrogen-bond acceptors (Lipinski definition) is 5. The quantitative estimate of drug-likeness (QED) is 0.477. The lowest BCUT2D eigenvalue weighted by Gasteiger charge is -2.08. The molecule has 0 fully saturated rings. The molecule has 0 spiro atoms. The zero-order valence-electron chi connectivity index (χ0n) is 11.4. The number of carbonyl (C=O) groups is 1. The van der Waals surface area contributed by atoms with Gasteiger partial charge in [0.15, 0.2) is 5.16 Å². The summed E-state index contributed by atoms with van der Waals surface area (Å²) in [6.07, 6.45) is 0. The Bertz CT molecular complexity index is 706. The van der Waals surface area contributed by atoms with Crippen LogP contribution in [0.25, 0.3) is 0 Å². The van der Waals surface area contributed by atoms with Gasteiger partial charge >= 0.3 is 0 Å². The standard InChI is InChI=1S/C13H11Cl3N4OS/c1-6-2-11(17)20-13(18-6)22-5-12(21)19-10-4-8(15)7(14)3-9(10)16/h2-4H,5H2,1H3,(H,19,21)(H2,17,18,20). The molecule has 9 heteroatoms. The highest BCUT2D eigenvalue weighted by atomic mass is 35.5. The molecule has 0 bridgehead atoms. The first-order valence-corrected chi connectivity index (χ1v) is 8.15. The molecule has 1 aromatic heterocycles. The molecular weight excluding hydrogens is 367 g/mol. The van der Waals surface area contributed by atoms with Gasteiger partial charge in [0.2, 0.25) is 5.91 Å². The molecule has 0 aliphatic rings. The van der Waals surface area contributed by atoms with Gasteiger partial charge in [-0.1, -0.05) is 46.6 Å². The molecule has 1 aromatic carbocycles. The number of hydrogen-bond donors (Lipinski definition) is 2. The van der Waals surface area contributed by atoms with E-state index in [9.17, 15) is 4.79 Å². The van der Waals surface area contributed by atoms with Crippen molar-refractivity contribution in [2.75, 3.05) is 16.8 Å². The highest BCUT2D eigenvalue weighted by molar-refractivity contribution is 7.99. The number of anilines is 2. The summed E-state index contributed by atoms with van der Waals surface area (Å²) in [6.45, 7) is 1.80. The van der Waals surface area contributed by atoms with Crippen LogP contribution in [-0.4, -0.2) is 21.6 Å². The fraction of sp³-hybridized carbons (Fsp3) is 0.154. The molecule has 22 heavy (non-hydrogen) atoms. The molecule has 0 aliphatic carbocycles. The lowest BCUT2D eigenvalue weighted by molar-refractivity contribution is -0.113. The number of benzene rings is 1. The number of halogens is 3. The van der Waals surface area contributed by atoms with Crippen LogP contribution in [0, 0.1) is 6.92 Å². The Labute approximate surface area is 146 Å². The van der Waals surface area contributed by atoms with E-state index in [1.807, 2.05) is 0 Å². The van der Waals surface area contributed by atoms with Gasteiger partial charge in [-0.05, 0) is 19.1 Å². The lowest BCUT2D eigenvalue weighted by Crippen LogP contribution is -2.14. The predicted octanol–water partition coefficient (Wildman–Crippen LogP) is 4.06. The van der Waals surface area contributed by atoms with Gasteiger partial charge in [0.25, 0.3) is 0 Å². The maximum Gasteiger partial charge on any atom is 0.234 e. The Morgan fingerprint density at radius 2 is 1.86 bits per heavy atom. The van der Waals surface area contributed by atoms with Gasteiger partial charge in [0, 0.05) is 11.8 Å². The van der Waals surface area contributed by atoms with Crippen LogP contribution in [0.15, 0.2) is 23.4 Å². The first-order chi connectivity index (χ1) is 10.3. The fourth-order valence-electron chi connectivity index (χ4n) is 1.56. The van der Waals surface area contributed by atoms with Crippen LogP contribution >= 0.6 is 46.6 Å². The maximum atomic E-state index is 12.0. The number of nitrogen functional groups attached to an aromatic ring is 1. The topological polar surface area (TPSA) is 80.9 Å². The van der Waals surface area contributed by atoms with Crippen molar-refractivity contribution in [3.8, 4) is 0 Å². The average molecular weight is 378 g/mol. The number of nitrogens with zero attached hydrogens (tertiary/aromatic N) is 2. The SMILES string of the molecule is Cc1cc(N)nc(SCC(=O)Nc2cc(Cl)c(Cl)cc2Cl)n1. The van der Waals surface area contributed by atoms with Crippen LogP contribution < -0.4 is 11.1 Å². The zero-order chi connectivity index (χ0) is 16.3. The molecular formula is C13H11Cl3N4OS. The Hall–Kier alpha value is -1.21. The summed E-state index contributed by atoms with van der Waals surface area (Å²) in [5.74, 6) is 0.205. The largest absolute Gasteiger partial charge is 0.384 e. The van der Waals surface area contributed by atoms with E-state index in [0.717, 1.165) is 5.69 Å². The summed E-state index contributed by atoms with van der Waals surface area (Å²) in [4.78, 5) is 20.2. The van der Waals surface area contributed by atoms with Crippen molar-refractivity contribution in [2.45, 2.75) is 12.1 Å². The third kappa shape index (κ3) is 4.64. The molecule has 0 saturated carbocycles. The third-order valence-electron chi connectivity index (χ3n) is 2.47. The number of nitrogens with two attached hydrogens (primary N) is 1. The molecule has 1 heterocycles. The van der Waals surface area contributed by atoms with Crippen molar-refractivity contribution in [1.29, 1.82) is 0 Å². The number of amides is 1. The van der Waals surface area contributed by atoms with Crippen LogP contribution in [0.5, 0.6) is 0 Å². The zero-order valence-corrected chi connectivity index (χ0v) is 14.4. The van der Waals surface area contributed by atoms with Gasteiger partial charge in [-0.2, -0.15) is 0 Å². The minimum Gasteiger partial charge on any atom is -0.384 e. The Morgan fingerprint density at radius 1 is 1.18 bits per heavy atom. The van der Waals surface area contributed by atoms with E-state index in [1.165, 1.54) is 23.9 Å². The van der Waals surface area contributed by atoms with Gasteiger partial charge in [0.05, 0.1) is 26.5 Å². The molecule has 2 rings (SSSR count). The molecule has 0 radical (unpaired) electrons. The molecule has 2 aromatic rings. The number of aromatic nitrogens is 2. The van der Waals surface area contributed by atoms with E-state index in [1.54, 1.807) is 13.0 Å². The third-order valence-corrected chi connectivity index (χ3v) is 4.35.